The molecule has 0 saturated heterocycles. The van der Waals surface area contributed by atoms with Crippen molar-refractivity contribution in [3.63, 3.8) is 0 Å². The van der Waals surface area contributed by atoms with E-state index in [4.69, 9.17) is 0 Å². The second kappa shape index (κ2) is 7.54. The second-order valence-corrected chi connectivity index (χ2v) is 5.43. The van der Waals surface area contributed by atoms with Crippen molar-refractivity contribution in [3.8, 4) is 0 Å². The lowest BCUT2D eigenvalue weighted by atomic mass is 10.1. The summed E-state index contributed by atoms with van der Waals surface area (Å²) >= 11 is 0. The molecule has 0 spiro atoms. The van der Waals surface area contributed by atoms with Crippen LogP contribution in [0.25, 0.3) is 0 Å². The third-order valence-electron chi connectivity index (χ3n) is 3.86. The number of nitrogens with one attached hydrogen (secondary N) is 1. The molecule has 0 radical (unpaired) electrons. The summed E-state index contributed by atoms with van der Waals surface area (Å²) in [6, 6.07) is 8.18. The number of rotatable bonds is 6. The highest BCUT2D eigenvalue weighted by Crippen LogP contribution is 2.18. The highest BCUT2D eigenvalue weighted by atomic mass is 16.6. The van der Waals surface area contributed by atoms with Gasteiger partial charge in [0.05, 0.1) is 17.6 Å². The molecular formula is C17H20N4O3. The van der Waals surface area contributed by atoms with Gasteiger partial charge in [-0.15, -0.1) is 0 Å². The number of carbonyl (C=O) groups excluding carboxylic acids is 1. The van der Waals surface area contributed by atoms with Crippen molar-refractivity contribution >= 4 is 17.8 Å². The van der Waals surface area contributed by atoms with Gasteiger partial charge in [-0.25, -0.2) is 5.43 Å². The van der Waals surface area contributed by atoms with Gasteiger partial charge in [0.2, 0.25) is 5.91 Å². The van der Waals surface area contributed by atoms with Gasteiger partial charge in [0.1, 0.15) is 0 Å². The fraction of sp³-hybridized carbons (Fsp3) is 0.294. The predicted octanol–water partition coefficient (Wildman–Crippen LogP) is 2.73. The average molecular weight is 328 g/mol. The molecule has 24 heavy (non-hydrogen) atoms. The number of benzene rings is 1. The molecule has 2 rings (SSSR count). The van der Waals surface area contributed by atoms with Crippen LogP contribution in [0.5, 0.6) is 0 Å². The first-order chi connectivity index (χ1) is 11.4. The molecule has 0 saturated carbocycles. The van der Waals surface area contributed by atoms with Crippen molar-refractivity contribution in [2.75, 3.05) is 0 Å². The van der Waals surface area contributed by atoms with Crippen LogP contribution in [0.1, 0.15) is 29.4 Å². The molecule has 7 heteroatoms. The van der Waals surface area contributed by atoms with Gasteiger partial charge in [-0.05, 0) is 26.8 Å². The van der Waals surface area contributed by atoms with E-state index >= 15 is 0 Å². The molecule has 1 amide bonds. The van der Waals surface area contributed by atoms with E-state index in [0.717, 1.165) is 23.5 Å². The minimum Gasteiger partial charge on any atom is -0.349 e. The van der Waals surface area contributed by atoms with Gasteiger partial charge >= 0.3 is 0 Å². The summed E-state index contributed by atoms with van der Waals surface area (Å²) in [7, 11) is 0. The summed E-state index contributed by atoms with van der Waals surface area (Å²) in [6.45, 7) is 6.94. The van der Waals surface area contributed by atoms with E-state index < -0.39 is 10.8 Å². The van der Waals surface area contributed by atoms with Crippen molar-refractivity contribution in [2.24, 2.45) is 5.10 Å². The lowest BCUT2D eigenvalue weighted by molar-refractivity contribution is -0.385. The Labute approximate surface area is 140 Å². The molecule has 0 aliphatic heterocycles. The monoisotopic (exact) mass is 328 g/mol. The molecule has 1 heterocycles. The Hall–Kier alpha value is -2.96. The van der Waals surface area contributed by atoms with Crippen LogP contribution in [0.15, 0.2) is 35.4 Å². The quantitative estimate of drug-likeness (QED) is 0.502. The fourth-order valence-corrected chi connectivity index (χ4v) is 2.67. The normalized spacial score (nSPS) is 11.0. The Morgan fingerprint density at radius 1 is 1.38 bits per heavy atom. The summed E-state index contributed by atoms with van der Waals surface area (Å²) in [5, 5.41) is 14.9. The highest BCUT2D eigenvalue weighted by molar-refractivity contribution is 5.84. The number of nitrogens with zero attached hydrogens (tertiary/aromatic N) is 3. The molecule has 0 unspecified atom stereocenters. The van der Waals surface area contributed by atoms with Crippen molar-refractivity contribution < 1.29 is 9.72 Å². The standard InChI is InChI=1S/C17H20N4O3/c1-4-20-12(2)9-15(13(20)3)11-18-19-17(22)10-14-7-5-6-8-16(14)21(23)24/h5-9,11H,4,10H2,1-3H3,(H,19,22)/b18-11+. The van der Waals surface area contributed by atoms with E-state index in [1.807, 2.05) is 19.9 Å². The lowest BCUT2D eigenvalue weighted by Crippen LogP contribution is -2.20. The van der Waals surface area contributed by atoms with Crippen LogP contribution in [-0.4, -0.2) is 21.6 Å². The Balaban J connectivity index is 2.03. The first-order valence-corrected chi connectivity index (χ1v) is 7.65. The second-order valence-electron chi connectivity index (χ2n) is 5.43. The Kier molecular flexibility index (Phi) is 5.47. The maximum atomic E-state index is 11.9. The Morgan fingerprint density at radius 3 is 2.71 bits per heavy atom. The van der Waals surface area contributed by atoms with Crippen LogP contribution in [0.4, 0.5) is 5.69 Å². The zero-order valence-corrected chi connectivity index (χ0v) is 13.9. The SMILES string of the molecule is CCn1c(C)cc(/C=N/NC(=O)Cc2ccccc2[N+](=O)[O-])c1C. The summed E-state index contributed by atoms with van der Waals surface area (Å²) in [4.78, 5) is 22.4. The van der Waals surface area contributed by atoms with Gasteiger partial charge in [-0.3, -0.25) is 14.9 Å². The number of hydrogen-bond donors (Lipinski definition) is 1. The number of aryl methyl sites for hydroxylation is 1. The van der Waals surface area contributed by atoms with Crippen LogP contribution in [-0.2, 0) is 17.8 Å². The molecule has 0 atom stereocenters. The van der Waals surface area contributed by atoms with Crippen LogP contribution in [0, 0.1) is 24.0 Å². The first-order valence-electron chi connectivity index (χ1n) is 7.65. The number of carbonyl (C=O) groups is 1. The number of nitro groups is 1. The van der Waals surface area contributed by atoms with Crippen molar-refractivity contribution in [1.29, 1.82) is 0 Å². The molecule has 126 valence electrons. The summed E-state index contributed by atoms with van der Waals surface area (Å²) in [5.74, 6) is -0.398. The van der Waals surface area contributed by atoms with E-state index in [0.29, 0.717) is 5.56 Å². The molecule has 0 fully saturated rings. The van der Waals surface area contributed by atoms with Gasteiger partial charge < -0.3 is 4.57 Å². The maximum absolute atomic E-state index is 11.9. The zero-order valence-electron chi connectivity index (χ0n) is 13.9. The largest absolute Gasteiger partial charge is 0.349 e. The third-order valence-corrected chi connectivity index (χ3v) is 3.86. The summed E-state index contributed by atoms with van der Waals surface area (Å²) in [5.41, 5.74) is 5.85. The van der Waals surface area contributed by atoms with Gasteiger partial charge in [-0.2, -0.15) is 5.10 Å². The fourth-order valence-electron chi connectivity index (χ4n) is 2.67. The molecule has 2 aromatic rings. The first kappa shape index (κ1) is 17.4. The number of hydrogen-bond acceptors (Lipinski definition) is 4. The zero-order chi connectivity index (χ0) is 17.7. The number of para-hydroxylation sites is 1. The van der Waals surface area contributed by atoms with Crippen molar-refractivity contribution in [3.05, 3.63) is 63.0 Å². The maximum Gasteiger partial charge on any atom is 0.273 e. The number of amides is 1. The molecule has 7 nitrogen and oxygen atoms in total. The molecule has 1 aromatic heterocycles. The third kappa shape index (κ3) is 3.87. The highest BCUT2D eigenvalue weighted by Gasteiger charge is 2.15. The van der Waals surface area contributed by atoms with Crippen LogP contribution >= 0.6 is 0 Å². The van der Waals surface area contributed by atoms with Crippen LogP contribution < -0.4 is 5.43 Å². The molecule has 1 N–H and O–H groups in total. The average Bonchev–Trinajstić information content (AvgIpc) is 2.81. The van der Waals surface area contributed by atoms with E-state index in [1.54, 1.807) is 24.4 Å². The summed E-state index contributed by atoms with van der Waals surface area (Å²) in [6.07, 6.45) is 1.49. The topological polar surface area (TPSA) is 89.5 Å². The Bertz CT molecular complexity index is 793. The van der Waals surface area contributed by atoms with Crippen LogP contribution in [0.3, 0.4) is 0 Å². The molecule has 0 aliphatic rings. The summed E-state index contributed by atoms with van der Waals surface area (Å²) < 4.78 is 2.15. The predicted molar refractivity (Wildman–Crippen MR) is 92.1 cm³/mol. The van der Waals surface area contributed by atoms with Gasteiger partial charge in [-0.1, -0.05) is 18.2 Å². The number of nitro benzene ring substituents is 1. The molecule has 0 bridgehead atoms. The molecular weight excluding hydrogens is 308 g/mol. The van der Waals surface area contributed by atoms with Gasteiger partial charge in [0, 0.05) is 35.1 Å². The minimum atomic E-state index is -0.495. The van der Waals surface area contributed by atoms with Gasteiger partial charge in [0.15, 0.2) is 0 Å². The molecule has 0 aliphatic carbocycles. The van der Waals surface area contributed by atoms with E-state index in [9.17, 15) is 14.9 Å². The van der Waals surface area contributed by atoms with E-state index in [2.05, 4.69) is 22.0 Å². The van der Waals surface area contributed by atoms with Gasteiger partial charge in [0.25, 0.3) is 5.69 Å². The van der Waals surface area contributed by atoms with E-state index in [1.165, 1.54) is 6.07 Å². The minimum absolute atomic E-state index is 0.0666. The van der Waals surface area contributed by atoms with Crippen molar-refractivity contribution in [2.45, 2.75) is 33.7 Å². The number of aromatic nitrogens is 1. The molecule has 1 aromatic carbocycles. The smallest absolute Gasteiger partial charge is 0.273 e. The van der Waals surface area contributed by atoms with Crippen LogP contribution in [0.2, 0.25) is 0 Å². The van der Waals surface area contributed by atoms with E-state index in [-0.39, 0.29) is 12.1 Å². The van der Waals surface area contributed by atoms with Crippen molar-refractivity contribution in [1.82, 2.24) is 9.99 Å². The Morgan fingerprint density at radius 2 is 2.08 bits per heavy atom. The lowest BCUT2D eigenvalue weighted by Gasteiger charge is -2.04. The number of hydrazone groups is 1.